The van der Waals surface area contributed by atoms with E-state index in [-0.39, 0.29) is 5.82 Å². The highest BCUT2D eigenvalue weighted by molar-refractivity contribution is 9.10. The number of para-hydroxylation sites is 1. The molecule has 6 heteroatoms. The van der Waals surface area contributed by atoms with Crippen molar-refractivity contribution < 1.29 is 0 Å². The number of fused-ring (bicyclic) bond motifs is 1. The molecule has 108 valence electrons. The maximum atomic E-state index is 9.41. The molecule has 0 aliphatic rings. The van der Waals surface area contributed by atoms with Gasteiger partial charge in [0.2, 0.25) is 0 Å². The van der Waals surface area contributed by atoms with E-state index in [4.69, 9.17) is 17.3 Å². The zero-order valence-electron chi connectivity index (χ0n) is 11.3. The first-order chi connectivity index (χ1) is 10.6. The molecular formula is C16H10BrClN4. The van der Waals surface area contributed by atoms with Crippen molar-refractivity contribution >= 4 is 55.6 Å². The van der Waals surface area contributed by atoms with Crippen LogP contribution in [-0.4, -0.2) is 4.98 Å². The Hall–Kier alpha value is -2.29. The number of anilines is 3. The molecule has 0 radical (unpaired) electrons. The highest BCUT2D eigenvalue weighted by Crippen LogP contribution is 2.35. The summed E-state index contributed by atoms with van der Waals surface area (Å²) in [4.78, 5) is 4.31. The van der Waals surface area contributed by atoms with Crippen LogP contribution in [0.1, 0.15) is 5.56 Å². The summed E-state index contributed by atoms with van der Waals surface area (Å²) in [6.45, 7) is 0. The molecule has 0 amide bonds. The van der Waals surface area contributed by atoms with E-state index in [2.05, 4.69) is 32.3 Å². The Bertz CT molecular complexity index is 918. The summed E-state index contributed by atoms with van der Waals surface area (Å²) in [7, 11) is 0. The van der Waals surface area contributed by atoms with Crippen LogP contribution in [0.5, 0.6) is 0 Å². The summed E-state index contributed by atoms with van der Waals surface area (Å²) in [6, 6.07) is 15.0. The molecule has 3 aromatic rings. The molecule has 0 aliphatic heterocycles. The standard InChI is InChI=1S/C16H10BrClN4/c17-13-6-2-5-11-14(12(8-19)16(20)22-15(11)13)21-10-4-1-3-9(18)7-10/h1-7H,(H3,20,21,22). The quantitative estimate of drug-likeness (QED) is 0.673. The smallest absolute Gasteiger partial charge is 0.144 e. The molecule has 0 spiro atoms. The molecule has 4 nitrogen and oxygen atoms in total. The lowest BCUT2D eigenvalue weighted by atomic mass is 10.1. The van der Waals surface area contributed by atoms with Crippen LogP contribution < -0.4 is 11.1 Å². The van der Waals surface area contributed by atoms with E-state index in [0.29, 0.717) is 21.8 Å². The van der Waals surface area contributed by atoms with Crippen LogP contribution in [0.3, 0.4) is 0 Å². The van der Waals surface area contributed by atoms with Crippen molar-refractivity contribution in [3.63, 3.8) is 0 Å². The van der Waals surface area contributed by atoms with Gasteiger partial charge in [-0.3, -0.25) is 0 Å². The molecule has 2 aromatic carbocycles. The number of rotatable bonds is 2. The molecule has 0 bridgehead atoms. The van der Waals surface area contributed by atoms with Crippen LogP contribution in [0.25, 0.3) is 10.9 Å². The summed E-state index contributed by atoms with van der Waals surface area (Å²) < 4.78 is 0.815. The SMILES string of the molecule is N#Cc1c(N)nc2c(Br)cccc2c1Nc1cccc(Cl)c1. The van der Waals surface area contributed by atoms with Gasteiger partial charge in [-0.1, -0.05) is 29.8 Å². The summed E-state index contributed by atoms with van der Waals surface area (Å²) in [5, 5.41) is 14.1. The number of nitrogen functional groups attached to an aromatic ring is 1. The highest BCUT2D eigenvalue weighted by Gasteiger charge is 2.15. The van der Waals surface area contributed by atoms with Gasteiger partial charge in [0.25, 0.3) is 0 Å². The van der Waals surface area contributed by atoms with Gasteiger partial charge in [-0.2, -0.15) is 5.26 Å². The Morgan fingerprint density at radius 2 is 2.00 bits per heavy atom. The second kappa shape index (κ2) is 5.84. The van der Waals surface area contributed by atoms with Gasteiger partial charge in [0.15, 0.2) is 0 Å². The molecule has 3 N–H and O–H groups in total. The average Bonchev–Trinajstić information content (AvgIpc) is 2.49. The van der Waals surface area contributed by atoms with Crippen molar-refractivity contribution in [3.05, 3.63) is 57.5 Å². The third kappa shape index (κ3) is 2.59. The molecule has 0 saturated carbocycles. The Kier molecular flexibility index (Phi) is 3.88. The zero-order chi connectivity index (χ0) is 15.7. The first-order valence-corrected chi connectivity index (χ1v) is 7.57. The molecular weight excluding hydrogens is 364 g/mol. The molecule has 1 aromatic heterocycles. The first kappa shape index (κ1) is 14.6. The number of nitrogens with two attached hydrogens (primary N) is 1. The molecule has 22 heavy (non-hydrogen) atoms. The molecule has 1 heterocycles. The number of nitriles is 1. The normalized spacial score (nSPS) is 10.4. The van der Waals surface area contributed by atoms with Gasteiger partial charge in [0, 0.05) is 20.6 Å². The second-order valence-electron chi connectivity index (χ2n) is 4.63. The average molecular weight is 374 g/mol. The maximum Gasteiger partial charge on any atom is 0.144 e. The van der Waals surface area contributed by atoms with Crippen LogP contribution in [0.15, 0.2) is 46.9 Å². The van der Waals surface area contributed by atoms with Gasteiger partial charge in [0.1, 0.15) is 17.5 Å². The van der Waals surface area contributed by atoms with Gasteiger partial charge in [0.05, 0.1) is 11.2 Å². The summed E-state index contributed by atoms with van der Waals surface area (Å²) in [5.74, 6) is 0.187. The third-order valence-electron chi connectivity index (χ3n) is 3.20. The monoisotopic (exact) mass is 372 g/mol. The molecule has 0 aliphatic carbocycles. The number of benzene rings is 2. The lowest BCUT2D eigenvalue weighted by Gasteiger charge is -2.14. The van der Waals surface area contributed by atoms with E-state index in [9.17, 15) is 5.26 Å². The van der Waals surface area contributed by atoms with Gasteiger partial charge in [-0.15, -0.1) is 0 Å². The Balaban J connectivity index is 2.27. The minimum Gasteiger partial charge on any atom is -0.383 e. The fourth-order valence-corrected chi connectivity index (χ4v) is 2.87. The van der Waals surface area contributed by atoms with Crippen molar-refractivity contribution in [1.29, 1.82) is 5.26 Å². The van der Waals surface area contributed by atoms with E-state index in [1.54, 1.807) is 12.1 Å². The number of aromatic nitrogens is 1. The van der Waals surface area contributed by atoms with Crippen LogP contribution in [0, 0.1) is 11.3 Å². The minimum atomic E-state index is 0.187. The predicted molar refractivity (Wildman–Crippen MR) is 93.3 cm³/mol. The van der Waals surface area contributed by atoms with Crippen molar-refractivity contribution in [2.24, 2.45) is 0 Å². The zero-order valence-corrected chi connectivity index (χ0v) is 13.6. The van der Waals surface area contributed by atoms with Gasteiger partial charge in [-0.05, 0) is 40.2 Å². The van der Waals surface area contributed by atoms with E-state index in [0.717, 1.165) is 15.5 Å². The van der Waals surface area contributed by atoms with Crippen molar-refractivity contribution in [2.75, 3.05) is 11.1 Å². The number of pyridine rings is 1. The second-order valence-corrected chi connectivity index (χ2v) is 5.92. The third-order valence-corrected chi connectivity index (χ3v) is 4.08. The fourth-order valence-electron chi connectivity index (χ4n) is 2.22. The van der Waals surface area contributed by atoms with Crippen LogP contribution >= 0.6 is 27.5 Å². The summed E-state index contributed by atoms with van der Waals surface area (Å²) in [6.07, 6.45) is 0. The Labute approximate surface area is 140 Å². The first-order valence-electron chi connectivity index (χ1n) is 6.40. The van der Waals surface area contributed by atoms with Crippen molar-refractivity contribution in [1.82, 2.24) is 4.98 Å². The highest BCUT2D eigenvalue weighted by atomic mass is 79.9. The Morgan fingerprint density at radius 1 is 1.23 bits per heavy atom. The van der Waals surface area contributed by atoms with E-state index >= 15 is 0 Å². The minimum absolute atomic E-state index is 0.187. The van der Waals surface area contributed by atoms with Crippen LogP contribution in [0.4, 0.5) is 17.2 Å². The van der Waals surface area contributed by atoms with E-state index < -0.39 is 0 Å². The van der Waals surface area contributed by atoms with Gasteiger partial charge < -0.3 is 11.1 Å². The fraction of sp³-hybridized carbons (Fsp3) is 0. The number of hydrogen-bond donors (Lipinski definition) is 2. The van der Waals surface area contributed by atoms with Gasteiger partial charge >= 0.3 is 0 Å². The largest absolute Gasteiger partial charge is 0.383 e. The van der Waals surface area contributed by atoms with Crippen LogP contribution in [0.2, 0.25) is 5.02 Å². The van der Waals surface area contributed by atoms with Crippen LogP contribution in [-0.2, 0) is 0 Å². The number of nitrogens with zero attached hydrogens (tertiary/aromatic N) is 2. The molecule has 0 fully saturated rings. The predicted octanol–water partition coefficient (Wildman–Crippen LogP) is 4.85. The lowest BCUT2D eigenvalue weighted by Crippen LogP contribution is -2.02. The number of nitrogens with one attached hydrogen (secondary N) is 1. The van der Waals surface area contributed by atoms with E-state index in [1.165, 1.54) is 0 Å². The lowest BCUT2D eigenvalue weighted by molar-refractivity contribution is 1.36. The molecule has 3 rings (SSSR count). The maximum absolute atomic E-state index is 9.41. The van der Waals surface area contributed by atoms with Crippen molar-refractivity contribution in [2.45, 2.75) is 0 Å². The Morgan fingerprint density at radius 3 is 2.73 bits per heavy atom. The van der Waals surface area contributed by atoms with Gasteiger partial charge in [-0.25, -0.2) is 4.98 Å². The molecule has 0 saturated heterocycles. The van der Waals surface area contributed by atoms with E-state index in [1.807, 2.05) is 30.3 Å². The van der Waals surface area contributed by atoms with Crippen molar-refractivity contribution in [3.8, 4) is 6.07 Å². The summed E-state index contributed by atoms with van der Waals surface area (Å²) in [5.41, 5.74) is 8.33. The topological polar surface area (TPSA) is 74.7 Å². The summed E-state index contributed by atoms with van der Waals surface area (Å²) >= 11 is 9.47. The molecule has 0 unspecified atom stereocenters. The number of hydrogen-bond acceptors (Lipinski definition) is 4. The number of halogens is 2. The molecule has 0 atom stereocenters.